The van der Waals surface area contributed by atoms with Crippen molar-refractivity contribution in [2.45, 2.75) is 13.2 Å². The number of carbonyl (C=O) groups excluding carboxylic acids is 2. The first-order chi connectivity index (χ1) is 13.8. The minimum atomic E-state index is -1.21. The number of ketones is 1. The number of esters is 1. The Morgan fingerprint density at radius 2 is 1.79 bits per heavy atom. The molecule has 0 heterocycles. The van der Waals surface area contributed by atoms with E-state index >= 15 is 0 Å². The molecule has 1 N–H and O–H groups in total. The van der Waals surface area contributed by atoms with Crippen LogP contribution in [0.1, 0.15) is 33.2 Å². The highest BCUT2D eigenvalue weighted by atomic mass is 35.5. The van der Waals surface area contributed by atoms with Crippen molar-refractivity contribution in [3.8, 4) is 5.75 Å². The van der Waals surface area contributed by atoms with Crippen molar-refractivity contribution in [3.63, 3.8) is 0 Å². The molecular formula is C21H19ClO7. The SMILES string of the molecule is C=CC(=O)OCCOC(C)Oc1cc(Cl)ccc1C(=O)c1ccccc1C(=O)O. The van der Waals surface area contributed by atoms with E-state index in [1.165, 1.54) is 36.4 Å². The third-order valence-electron chi connectivity index (χ3n) is 3.73. The average molecular weight is 419 g/mol. The Labute approximate surface area is 172 Å². The summed E-state index contributed by atoms with van der Waals surface area (Å²) in [5.41, 5.74) is 0.0421. The van der Waals surface area contributed by atoms with Gasteiger partial charge in [-0.3, -0.25) is 4.79 Å². The Morgan fingerprint density at radius 1 is 1.10 bits per heavy atom. The normalized spacial score (nSPS) is 11.4. The van der Waals surface area contributed by atoms with Crippen molar-refractivity contribution in [2.75, 3.05) is 13.2 Å². The van der Waals surface area contributed by atoms with E-state index < -0.39 is 24.0 Å². The lowest BCUT2D eigenvalue weighted by atomic mass is 9.98. The van der Waals surface area contributed by atoms with Gasteiger partial charge in [-0.25, -0.2) is 9.59 Å². The summed E-state index contributed by atoms with van der Waals surface area (Å²) in [4.78, 5) is 35.4. The Hall–Kier alpha value is -3.16. The Kier molecular flexibility index (Phi) is 7.94. The second kappa shape index (κ2) is 10.4. The number of carboxylic acids is 1. The number of aromatic carboxylic acids is 1. The second-order valence-corrected chi connectivity index (χ2v) is 6.18. The van der Waals surface area contributed by atoms with Crippen molar-refractivity contribution in [1.29, 1.82) is 0 Å². The van der Waals surface area contributed by atoms with Gasteiger partial charge in [-0.05, 0) is 31.2 Å². The molecular weight excluding hydrogens is 400 g/mol. The molecule has 8 heteroatoms. The fourth-order valence-electron chi connectivity index (χ4n) is 2.42. The van der Waals surface area contributed by atoms with Crippen LogP contribution in [0.2, 0.25) is 5.02 Å². The van der Waals surface area contributed by atoms with E-state index in [1.807, 2.05) is 0 Å². The Morgan fingerprint density at radius 3 is 2.45 bits per heavy atom. The molecule has 1 atom stereocenters. The number of carbonyl (C=O) groups is 3. The van der Waals surface area contributed by atoms with Crippen LogP contribution in [0.15, 0.2) is 55.1 Å². The van der Waals surface area contributed by atoms with E-state index in [-0.39, 0.29) is 35.7 Å². The molecule has 0 spiro atoms. The summed E-state index contributed by atoms with van der Waals surface area (Å²) >= 11 is 6.02. The molecule has 2 rings (SSSR count). The van der Waals surface area contributed by atoms with Crippen LogP contribution < -0.4 is 4.74 Å². The zero-order chi connectivity index (χ0) is 21.4. The quantitative estimate of drug-likeness (QED) is 0.206. The lowest BCUT2D eigenvalue weighted by Crippen LogP contribution is -2.21. The molecule has 1 unspecified atom stereocenters. The van der Waals surface area contributed by atoms with Crippen LogP contribution in [0.3, 0.4) is 0 Å². The molecule has 0 amide bonds. The Balaban J connectivity index is 2.17. The van der Waals surface area contributed by atoms with Crippen molar-refractivity contribution in [2.24, 2.45) is 0 Å². The molecule has 0 aliphatic heterocycles. The predicted octanol–water partition coefficient (Wildman–Crippen LogP) is 3.74. The van der Waals surface area contributed by atoms with E-state index in [4.69, 9.17) is 25.8 Å². The fourth-order valence-corrected chi connectivity index (χ4v) is 2.58. The maximum atomic E-state index is 13.0. The van der Waals surface area contributed by atoms with E-state index in [2.05, 4.69) is 6.58 Å². The van der Waals surface area contributed by atoms with Gasteiger partial charge in [-0.15, -0.1) is 0 Å². The maximum Gasteiger partial charge on any atom is 0.336 e. The molecule has 0 aliphatic carbocycles. The molecule has 7 nitrogen and oxygen atoms in total. The van der Waals surface area contributed by atoms with Gasteiger partial charge in [-0.1, -0.05) is 36.4 Å². The van der Waals surface area contributed by atoms with Gasteiger partial charge in [0.1, 0.15) is 12.4 Å². The molecule has 0 fully saturated rings. The summed E-state index contributed by atoms with van der Waals surface area (Å²) in [6, 6.07) is 10.3. The highest BCUT2D eigenvalue weighted by Gasteiger charge is 2.22. The third-order valence-corrected chi connectivity index (χ3v) is 3.97. The van der Waals surface area contributed by atoms with Gasteiger partial charge >= 0.3 is 11.9 Å². The molecule has 0 saturated heterocycles. The summed E-state index contributed by atoms with van der Waals surface area (Å²) in [7, 11) is 0. The Bertz CT molecular complexity index is 923. The highest BCUT2D eigenvalue weighted by Crippen LogP contribution is 2.28. The summed E-state index contributed by atoms with van der Waals surface area (Å²) in [5, 5.41) is 9.66. The number of hydrogen-bond acceptors (Lipinski definition) is 6. The highest BCUT2D eigenvalue weighted by molar-refractivity contribution is 6.31. The first kappa shape index (κ1) is 22.1. The summed E-state index contributed by atoms with van der Waals surface area (Å²) < 4.78 is 15.9. The lowest BCUT2D eigenvalue weighted by Gasteiger charge is -2.18. The maximum absolute atomic E-state index is 13.0. The largest absolute Gasteiger partial charge is 0.478 e. The topological polar surface area (TPSA) is 99.1 Å². The first-order valence-corrected chi connectivity index (χ1v) is 8.95. The van der Waals surface area contributed by atoms with Crippen molar-refractivity contribution in [3.05, 3.63) is 76.8 Å². The van der Waals surface area contributed by atoms with Crippen LogP contribution in [0.4, 0.5) is 0 Å². The minimum absolute atomic E-state index is 0.00583. The van der Waals surface area contributed by atoms with Gasteiger partial charge in [0, 0.05) is 16.7 Å². The molecule has 152 valence electrons. The lowest BCUT2D eigenvalue weighted by molar-refractivity contribution is -0.142. The van der Waals surface area contributed by atoms with Crippen molar-refractivity contribution < 1.29 is 33.7 Å². The fraction of sp³-hybridized carbons (Fsp3) is 0.190. The molecule has 0 bridgehead atoms. The van der Waals surface area contributed by atoms with E-state index in [9.17, 15) is 19.5 Å². The van der Waals surface area contributed by atoms with Gasteiger partial charge in [-0.2, -0.15) is 0 Å². The number of carboxylic acid groups (broad SMARTS) is 1. The molecule has 0 aliphatic rings. The molecule has 29 heavy (non-hydrogen) atoms. The van der Waals surface area contributed by atoms with Crippen molar-refractivity contribution in [1.82, 2.24) is 0 Å². The van der Waals surface area contributed by atoms with Crippen LogP contribution in [0.5, 0.6) is 5.75 Å². The number of hydrogen-bond donors (Lipinski definition) is 1. The van der Waals surface area contributed by atoms with Gasteiger partial charge in [0.05, 0.1) is 17.7 Å². The minimum Gasteiger partial charge on any atom is -0.478 e. The molecule has 0 radical (unpaired) electrons. The third kappa shape index (κ3) is 6.17. The molecule has 2 aromatic rings. The number of ether oxygens (including phenoxy) is 3. The molecule has 2 aromatic carbocycles. The zero-order valence-corrected chi connectivity index (χ0v) is 16.3. The summed E-state index contributed by atoms with van der Waals surface area (Å²) in [5.74, 6) is -2.17. The monoisotopic (exact) mass is 418 g/mol. The average Bonchev–Trinajstić information content (AvgIpc) is 2.70. The van der Waals surface area contributed by atoms with Crippen LogP contribution in [-0.4, -0.2) is 42.3 Å². The standard InChI is InChI=1S/C21H19ClO7/c1-3-19(23)28-11-10-27-13(2)29-18-12-14(22)8-9-17(18)20(24)15-6-4-5-7-16(15)21(25)26/h3-9,12-13H,1,10-11H2,2H3,(H,25,26). The van der Waals surface area contributed by atoms with Gasteiger partial charge in [0.2, 0.25) is 0 Å². The number of rotatable bonds is 10. The number of halogens is 1. The molecule has 0 aromatic heterocycles. The van der Waals surface area contributed by atoms with E-state index in [1.54, 1.807) is 13.0 Å². The van der Waals surface area contributed by atoms with Crippen molar-refractivity contribution >= 4 is 29.3 Å². The smallest absolute Gasteiger partial charge is 0.336 e. The summed E-state index contributed by atoms with van der Waals surface area (Å²) in [6.45, 7) is 4.95. The van der Waals surface area contributed by atoms with E-state index in [0.717, 1.165) is 6.08 Å². The molecule has 0 saturated carbocycles. The van der Waals surface area contributed by atoms with Gasteiger partial charge in [0.25, 0.3) is 0 Å². The first-order valence-electron chi connectivity index (χ1n) is 8.57. The second-order valence-electron chi connectivity index (χ2n) is 5.75. The van der Waals surface area contributed by atoms with Crippen LogP contribution >= 0.6 is 11.6 Å². The van der Waals surface area contributed by atoms with Crippen LogP contribution in [-0.2, 0) is 14.3 Å². The zero-order valence-electron chi connectivity index (χ0n) is 15.6. The van der Waals surface area contributed by atoms with Crippen LogP contribution in [0.25, 0.3) is 0 Å². The van der Waals surface area contributed by atoms with Gasteiger partial charge in [0.15, 0.2) is 12.1 Å². The predicted molar refractivity (Wildman–Crippen MR) is 105 cm³/mol. The summed E-state index contributed by atoms with van der Waals surface area (Å²) in [6.07, 6.45) is 0.246. The number of benzene rings is 2. The van der Waals surface area contributed by atoms with Gasteiger partial charge < -0.3 is 19.3 Å². The van der Waals surface area contributed by atoms with Crippen LogP contribution in [0, 0.1) is 0 Å². The van der Waals surface area contributed by atoms with E-state index in [0.29, 0.717) is 5.02 Å².